The van der Waals surface area contributed by atoms with Gasteiger partial charge >= 0.3 is 0 Å². The van der Waals surface area contributed by atoms with Crippen molar-refractivity contribution in [3.05, 3.63) is 35.9 Å². The van der Waals surface area contributed by atoms with Crippen molar-refractivity contribution < 1.29 is 8.42 Å². The Hall–Kier alpha value is -1.68. The van der Waals surface area contributed by atoms with Gasteiger partial charge < -0.3 is 4.90 Å². The Balaban J connectivity index is 2.18. The van der Waals surface area contributed by atoms with E-state index in [1.165, 1.54) is 10.4 Å². The molecule has 0 saturated carbocycles. The molecule has 1 aliphatic heterocycles. The molecule has 2 rings (SSSR count). The van der Waals surface area contributed by atoms with Gasteiger partial charge in [-0.2, -0.15) is 9.57 Å². The number of piperazine rings is 1. The zero-order valence-electron chi connectivity index (χ0n) is 11.4. The second-order valence-electron chi connectivity index (χ2n) is 4.74. The number of nitriles is 1. The Kier molecular flexibility index (Phi) is 4.55. The van der Waals surface area contributed by atoms with Gasteiger partial charge in [-0.15, -0.1) is 0 Å². The van der Waals surface area contributed by atoms with Crippen LogP contribution in [0.2, 0.25) is 0 Å². The standard InChI is InChI=1S/C14H17N3O2S/c1-16-9-11-17(12-10-16)20(18,19)14-6-4-13(5-7-14)3-2-8-15/h2-7H,9-12H2,1H3/b3-2-. The van der Waals surface area contributed by atoms with Crippen LogP contribution in [0.25, 0.3) is 6.08 Å². The molecule has 0 bridgehead atoms. The number of hydrogen-bond donors (Lipinski definition) is 0. The number of rotatable bonds is 3. The van der Waals surface area contributed by atoms with Crippen LogP contribution in [0.5, 0.6) is 0 Å². The first-order valence-corrected chi connectivity index (χ1v) is 7.83. The van der Waals surface area contributed by atoms with E-state index >= 15 is 0 Å². The predicted octanol–water partition coefficient (Wildman–Crippen LogP) is 1.16. The molecule has 6 heteroatoms. The van der Waals surface area contributed by atoms with Crippen molar-refractivity contribution in [2.45, 2.75) is 4.90 Å². The van der Waals surface area contributed by atoms with Crippen molar-refractivity contribution in [3.8, 4) is 6.07 Å². The van der Waals surface area contributed by atoms with E-state index in [1.807, 2.05) is 13.1 Å². The van der Waals surface area contributed by atoms with E-state index in [9.17, 15) is 8.42 Å². The van der Waals surface area contributed by atoms with E-state index < -0.39 is 10.0 Å². The van der Waals surface area contributed by atoms with Crippen LogP contribution in [-0.4, -0.2) is 50.8 Å². The van der Waals surface area contributed by atoms with Crippen molar-refractivity contribution in [2.75, 3.05) is 33.2 Å². The molecule has 0 spiro atoms. The highest BCUT2D eigenvalue weighted by atomic mass is 32.2. The third-order valence-corrected chi connectivity index (χ3v) is 5.24. The smallest absolute Gasteiger partial charge is 0.243 e. The Labute approximate surface area is 119 Å². The highest BCUT2D eigenvalue weighted by Gasteiger charge is 2.27. The molecule has 1 saturated heterocycles. The lowest BCUT2D eigenvalue weighted by Crippen LogP contribution is -2.46. The number of hydrogen-bond acceptors (Lipinski definition) is 4. The van der Waals surface area contributed by atoms with Gasteiger partial charge in [-0.1, -0.05) is 12.1 Å². The van der Waals surface area contributed by atoms with Crippen LogP contribution in [0.3, 0.4) is 0 Å². The van der Waals surface area contributed by atoms with Gasteiger partial charge in [0, 0.05) is 32.3 Å². The number of allylic oxidation sites excluding steroid dienone is 1. The van der Waals surface area contributed by atoms with Gasteiger partial charge in [-0.3, -0.25) is 0 Å². The van der Waals surface area contributed by atoms with E-state index in [2.05, 4.69) is 4.90 Å². The van der Waals surface area contributed by atoms with Crippen LogP contribution in [0, 0.1) is 11.3 Å². The number of benzene rings is 1. The van der Waals surface area contributed by atoms with Crippen molar-refractivity contribution in [1.29, 1.82) is 5.26 Å². The van der Waals surface area contributed by atoms with Gasteiger partial charge in [0.15, 0.2) is 0 Å². The molecule has 1 aromatic carbocycles. The Morgan fingerprint density at radius 1 is 1.15 bits per heavy atom. The molecule has 0 amide bonds. The third kappa shape index (κ3) is 3.25. The van der Waals surface area contributed by atoms with E-state index in [-0.39, 0.29) is 0 Å². The summed E-state index contributed by atoms with van der Waals surface area (Å²) >= 11 is 0. The fourth-order valence-electron chi connectivity index (χ4n) is 2.06. The largest absolute Gasteiger partial charge is 0.304 e. The Morgan fingerprint density at radius 2 is 1.75 bits per heavy atom. The molecule has 0 N–H and O–H groups in total. The first-order chi connectivity index (χ1) is 9.54. The Morgan fingerprint density at radius 3 is 2.30 bits per heavy atom. The van der Waals surface area contributed by atoms with Crippen molar-refractivity contribution in [1.82, 2.24) is 9.21 Å². The van der Waals surface area contributed by atoms with Gasteiger partial charge in [0.1, 0.15) is 0 Å². The van der Waals surface area contributed by atoms with E-state index in [4.69, 9.17) is 5.26 Å². The van der Waals surface area contributed by atoms with Crippen molar-refractivity contribution >= 4 is 16.1 Å². The summed E-state index contributed by atoms with van der Waals surface area (Å²) in [6.07, 6.45) is 3.01. The lowest BCUT2D eigenvalue weighted by Gasteiger charge is -2.31. The summed E-state index contributed by atoms with van der Waals surface area (Å²) in [6.45, 7) is 2.55. The summed E-state index contributed by atoms with van der Waals surface area (Å²) in [7, 11) is -1.42. The predicted molar refractivity (Wildman–Crippen MR) is 77.3 cm³/mol. The molecular formula is C14H17N3O2S. The highest BCUT2D eigenvalue weighted by Crippen LogP contribution is 2.18. The van der Waals surface area contributed by atoms with E-state index in [1.54, 1.807) is 30.3 Å². The molecule has 5 nitrogen and oxygen atoms in total. The number of sulfonamides is 1. The first kappa shape index (κ1) is 14.7. The average Bonchev–Trinajstić information content (AvgIpc) is 2.46. The summed E-state index contributed by atoms with van der Waals surface area (Å²) < 4.78 is 26.4. The topological polar surface area (TPSA) is 64.4 Å². The number of likely N-dealkylation sites (N-methyl/N-ethyl adjacent to an activating group) is 1. The quantitative estimate of drug-likeness (QED) is 0.784. The summed E-state index contributed by atoms with van der Waals surface area (Å²) in [6, 6.07) is 8.49. The molecule has 1 heterocycles. The van der Waals surface area contributed by atoms with Gasteiger partial charge in [0.2, 0.25) is 10.0 Å². The summed E-state index contributed by atoms with van der Waals surface area (Å²) in [5.41, 5.74) is 0.809. The first-order valence-electron chi connectivity index (χ1n) is 6.39. The molecular weight excluding hydrogens is 274 g/mol. The molecule has 0 radical (unpaired) electrons. The minimum Gasteiger partial charge on any atom is -0.304 e. The molecule has 106 valence electrons. The molecule has 0 unspecified atom stereocenters. The minimum absolute atomic E-state index is 0.302. The molecule has 1 aliphatic rings. The van der Waals surface area contributed by atoms with E-state index in [0.29, 0.717) is 18.0 Å². The third-order valence-electron chi connectivity index (χ3n) is 3.33. The van der Waals surface area contributed by atoms with Gasteiger partial charge in [-0.25, -0.2) is 8.42 Å². The Bertz CT molecular complexity index is 621. The van der Waals surface area contributed by atoms with Crippen molar-refractivity contribution in [3.63, 3.8) is 0 Å². The zero-order chi connectivity index (χ0) is 14.6. The summed E-state index contributed by atoms with van der Waals surface area (Å²) in [5.74, 6) is 0. The molecule has 1 aromatic rings. The zero-order valence-corrected chi connectivity index (χ0v) is 12.2. The van der Waals surface area contributed by atoms with Crippen molar-refractivity contribution in [2.24, 2.45) is 0 Å². The maximum atomic E-state index is 12.5. The molecule has 20 heavy (non-hydrogen) atoms. The van der Waals surface area contributed by atoms with Crippen LogP contribution in [0.1, 0.15) is 5.56 Å². The van der Waals surface area contributed by atoms with Gasteiger partial charge in [0.25, 0.3) is 0 Å². The normalized spacial score (nSPS) is 18.2. The second-order valence-corrected chi connectivity index (χ2v) is 6.68. The average molecular weight is 291 g/mol. The van der Waals surface area contributed by atoms with Crippen LogP contribution in [0.4, 0.5) is 0 Å². The van der Waals surface area contributed by atoms with Crippen LogP contribution in [-0.2, 0) is 10.0 Å². The molecule has 0 aliphatic carbocycles. The highest BCUT2D eigenvalue weighted by molar-refractivity contribution is 7.89. The SMILES string of the molecule is CN1CCN(S(=O)(=O)c2ccc(/C=C\C#N)cc2)CC1. The fourth-order valence-corrected chi connectivity index (χ4v) is 3.48. The minimum atomic E-state index is -3.41. The number of nitrogens with zero attached hydrogens (tertiary/aromatic N) is 3. The summed E-state index contributed by atoms with van der Waals surface area (Å²) in [5, 5.41) is 8.46. The maximum absolute atomic E-state index is 12.5. The molecule has 1 fully saturated rings. The fraction of sp³-hybridized carbons (Fsp3) is 0.357. The molecule has 0 aromatic heterocycles. The monoisotopic (exact) mass is 291 g/mol. The van der Waals surface area contributed by atoms with Crippen LogP contribution in [0.15, 0.2) is 35.2 Å². The lowest BCUT2D eigenvalue weighted by atomic mass is 10.2. The lowest BCUT2D eigenvalue weighted by molar-refractivity contribution is 0.222. The van der Waals surface area contributed by atoms with Crippen LogP contribution < -0.4 is 0 Å². The second kappa shape index (κ2) is 6.18. The van der Waals surface area contributed by atoms with Crippen LogP contribution >= 0.6 is 0 Å². The van der Waals surface area contributed by atoms with Gasteiger partial charge in [-0.05, 0) is 30.8 Å². The van der Waals surface area contributed by atoms with E-state index in [0.717, 1.165) is 18.7 Å². The maximum Gasteiger partial charge on any atom is 0.243 e. The molecule has 0 atom stereocenters. The summed E-state index contributed by atoms with van der Waals surface area (Å²) in [4.78, 5) is 2.41. The van der Waals surface area contributed by atoms with Gasteiger partial charge in [0.05, 0.1) is 11.0 Å².